The van der Waals surface area contributed by atoms with Crippen LogP contribution in [0.2, 0.25) is 0 Å². The van der Waals surface area contributed by atoms with Gasteiger partial charge in [0, 0.05) is 5.54 Å². The van der Waals surface area contributed by atoms with Crippen molar-refractivity contribution in [3.05, 3.63) is 0 Å². The van der Waals surface area contributed by atoms with Crippen LogP contribution in [-0.4, -0.2) is 12.1 Å². The zero-order chi connectivity index (χ0) is 9.24. The number of rotatable bonds is 0. The molecule has 0 spiro atoms. The third-order valence-corrected chi connectivity index (χ3v) is 3.06. The monoisotopic (exact) mass is 169 g/mol. The molecule has 0 aromatic carbocycles. The largest absolute Gasteiger partial charge is 0.312 e. The molecule has 0 bridgehead atoms. The minimum atomic E-state index is 0.359. The maximum absolute atomic E-state index is 3.60. The van der Waals surface area contributed by atoms with Crippen LogP contribution in [-0.2, 0) is 0 Å². The van der Waals surface area contributed by atoms with Gasteiger partial charge >= 0.3 is 0 Å². The van der Waals surface area contributed by atoms with Crippen LogP contribution in [0.25, 0.3) is 0 Å². The van der Waals surface area contributed by atoms with Gasteiger partial charge in [0.05, 0.1) is 0 Å². The summed E-state index contributed by atoms with van der Waals surface area (Å²) in [6.45, 7) is 10.6. The Hall–Kier alpha value is -0.0400. The predicted octanol–water partition coefficient (Wildman–Crippen LogP) is 2.95. The Kier molecular flexibility index (Phi) is 2.82. The summed E-state index contributed by atoms with van der Waals surface area (Å²) >= 11 is 0. The summed E-state index contributed by atoms with van der Waals surface area (Å²) in [7, 11) is 0. The molecule has 0 saturated carbocycles. The van der Waals surface area contributed by atoms with Crippen LogP contribution in [0.15, 0.2) is 0 Å². The Labute approximate surface area is 76.9 Å². The molecule has 0 radical (unpaired) electrons. The minimum Gasteiger partial charge on any atom is -0.312 e. The van der Waals surface area contributed by atoms with Crippen molar-refractivity contribution in [3.63, 3.8) is 0 Å². The minimum absolute atomic E-state index is 0.359. The van der Waals surface area contributed by atoms with Crippen LogP contribution in [0.3, 0.4) is 0 Å². The number of hydrogen-bond acceptors (Lipinski definition) is 1. The molecule has 0 unspecified atom stereocenters. The summed E-state index contributed by atoms with van der Waals surface area (Å²) in [6.07, 6.45) is 5.36. The normalized spacial score (nSPS) is 29.0. The van der Waals surface area contributed by atoms with Crippen molar-refractivity contribution in [3.8, 4) is 0 Å². The second-order valence-electron chi connectivity index (χ2n) is 5.58. The van der Waals surface area contributed by atoms with Gasteiger partial charge in [-0.05, 0) is 51.5 Å². The highest BCUT2D eigenvalue weighted by Crippen LogP contribution is 2.32. The zero-order valence-electron chi connectivity index (χ0n) is 9.04. The Morgan fingerprint density at radius 3 is 2.25 bits per heavy atom. The molecule has 0 aromatic rings. The molecule has 0 aromatic heterocycles. The van der Waals surface area contributed by atoms with E-state index in [0.717, 1.165) is 0 Å². The maximum Gasteiger partial charge on any atom is 0.0125 e. The van der Waals surface area contributed by atoms with Gasteiger partial charge in [0.1, 0.15) is 0 Å². The first-order chi connectivity index (χ1) is 5.41. The van der Waals surface area contributed by atoms with E-state index in [4.69, 9.17) is 0 Å². The van der Waals surface area contributed by atoms with Crippen LogP contribution in [0.4, 0.5) is 0 Å². The van der Waals surface area contributed by atoms with Gasteiger partial charge in [-0.15, -0.1) is 0 Å². The van der Waals surface area contributed by atoms with Crippen molar-refractivity contribution in [1.29, 1.82) is 0 Å². The Bertz CT molecular complexity index is 129. The van der Waals surface area contributed by atoms with Crippen molar-refractivity contribution < 1.29 is 0 Å². The van der Waals surface area contributed by atoms with Gasteiger partial charge in [0.15, 0.2) is 0 Å². The maximum atomic E-state index is 3.60. The van der Waals surface area contributed by atoms with Crippen molar-refractivity contribution in [1.82, 2.24) is 5.32 Å². The molecule has 1 N–H and O–H groups in total. The molecule has 1 aliphatic rings. The summed E-state index contributed by atoms with van der Waals surface area (Å²) in [5.74, 6) is 0. The van der Waals surface area contributed by atoms with E-state index in [0.29, 0.717) is 11.0 Å². The van der Waals surface area contributed by atoms with Crippen LogP contribution < -0.4 is 5.32 Å². The molecule has 0 amide bonds. The molecule has 1 heterocycles. The first-order valence-electron chi connectivity index (χ1n) is 5.16. The van der Waals surface area contributed by atoms with Gasteiger partial charge in [-0.2, -0.15) is 0 Å². The van der Waals surface area contributed by atoms with E-state index < -0.39 is 0 Å². The van der Waals surface area contributed by atoms with Crippen molar-refractivity contribution in [2.75, 3.05) is 6.54 Å². The first kappa shape index (κ1) is 10.0. The number of nitrogens with one attached hydrogen (secondary N) is 1. The molecule has 1 nitrogen and oxygen atoms in total. The lowest BCUT2D eigenvalue weighted by molar-refractivity contribution is 0.212. The topological polar surface area (TPSA) is 12.0 Å². The molecule has 1 saturated heterocycles. The zero-order valence-corrected chi connectivity index (χ0v) is 9.04. The van der Waals surface area contributed by atoms with E-state index in [1.54, 1.807) is 0 Å². The van der Waals surface area contributed by atoms with E-state index >= 15 is 0 Å². The molecule has 1 fully saturated rings. The molecule has 12 heavy (non-hydrogen) atoms. The van der Waals surface area contributed by atoms with Crippen LogP contribution in [0.1, 0.15) is 53.4 Å². The van der Waals surface area contributed by atoms with Gasteiger partial charge in [-0.1, -0.05) is 13.8 Å². The Morgan fingerprint density at radius 2 is 1.58 bits per heavy atom. The molecular weight excluding hydrogens is 146 g/mol. The standard InChI is InChI=1S/C11H23N/c1-10(2)6-5-9-12-11(3,4)8-7-10/h12H,5-9H2,1-4H3. The summed E-state index contributed by atoms with van der Waals surface area (Å²) in [5.41, 5.74) is 0.928. The molecule has 0 aliphatic carbocycles. The van der Waals surface area contributed by atoms with E-state index in [1.807, 2.05) is 0 Å². The SMILES string of the molecule is CC1(C)CCCNC(C)(C)CC1. The summed E-state index contributed by atoms with van der Waals surface area (Å²) in [6, 6.07) is 0. The lowest BCUT2D eigenvalue weighted by atomic mass is 9.78. The third kappa shape index (κ3) is 3.14. The molecule has 1 heteroatoms. The molecule has 1 aliphatic heterocycles. The van der Waals surface area contributed by atoms with Crippen molar-refractivity contribution in [2.45, 2.75) is 58.9 Å². The van der Waals surface area contributed by atoms with Crippen molar-refractivity contribution in [2.24, 2.45) is 5.41 Å². The third-order valence-electron chi connectivity index (χ3n) is 3.06. The summed E-state index contributed by atoms with van der Waals surface area (Å²) in [4.78, 5) is 0. The molecule has 1 rings (SSSR count). The van der Waals surface area contributed by atoms with Crippen molar-refractivity contribution >= 4 is 0 Å². The first-order valence-corrected chi connectivity index (χ1v) is 5.16. The van der Waals surface area contributed by atoms with Gasteiger partial charge in [-0.25, -0.2) is 0 Å². The smallest absolute Gasteiger partial charge is 0.0125 e. The van der Waals surface area contributed by atoms with Gasteiger partial charge in [0.2, 0.25) is 0 Å². The second kappa shape index (κ2) is 3.37. The molecular formula is C11H23N. The fourth-order valence-corrected chi connectivity index (χ4v) is 1.86. The average Bonchev–Trinajstić information content (AvgIpc) is 1.94. The molecule has 72 valence electrons. The van der Waals surface area contributed by atoms with E-state index in [1.165, 1.54) is 32.2 Å². The van der Waals surface area contributed by atoms with Crippen LogP contribution in [0, 0.1) is 5.41 Å². The van der Waals surface area contributed by atoms with Gasteiger partial charge < -0.3 is 5.32 Å². The number of hydrogen-bond donors (Lipinski definition) is 1. The Morgan fingerprint density at radius 1 is 0.917 bits per heavy atom. The predicted molar refractivity (Wildman–Crippen MR) is 54.3 cm³/mol. The second-order valence-corrected chi connectivity index (χ2v) is 5.58. The van der Waals surface area contributed by atoms with E-state index in [2.05, 4.69) is 33.0 Å². The summed E-state index contributed by atoms with van der Waals surface area (Å²) < 4.78 is 0. The van der Waals surface area contributed by atoms with Gasteiger partial charge in [-0.3, -0.25) is 0 Å². The van der Waals surface area contributed by atoms with Gasteiger partial charge in [0.25, 0.3) is 0 Å². The average molecular weight is 169 g/mol. The van der Waals surface area contributed by atoms with Crippen LogP contribution in [0.5, 0.6) is 0 Å². The lowest BCUT2D eigenvalue weighted by Crippen LogP contribution is -2.42. The van der Waals surface area contributed by atoms with Crippen LogP contribution >= 0.6 is 0 Å². The lowest BCUT2D eigenvalue weighted by Gasteiger charge is -2.35. The Balaban J connectivity index is 2.51. The fraction of sp³-hybridized carbons (Fsp3) is 1.00. The highest BCUT2D eigenvalue weighted by molar-refractivity contribution is 4.83. The van der Waals surface area contributed by atoms with E-state index in [9.17, 15) is 0 Å². The quantitative estimate of drug-likeness (QED) is 0.588. The fourth-order valence-electron chi connectivity index (χ4n) is 1.86. The van der Waals surface area contributed by atoms with E-state index in [-0.39, 0.29) is 0 Å². The molecule has 0 atom stereocenters. The highest BCUT2D eigenvalue weighted by Gasteiger charge is 2.25. The highest BCUT2D eigenvalue weighted by atomic mass is 14.9. The summed E-state index contributed by atoms with van der Waals surface area (Å²) in [5, 5.41) is 3.60.